The minimum absolute atomic E-state index is 0.0800. The van der Waals surface area contributed by atoms with Gasteiger partial charge in [0.2, 0.25) is 0 Å². The molecule has 1 unspecified atom stereocenters. The fourth-order valence-electron chi connectivity index (χ4n) is 3.17. The van der Waals surface area contributed by atoms with E-state index in [9.17, 15) is 19.4 Å². The van der Waals surface area contributed by atoms with Crippen LogP contribution in [-0.4, -0.2) is 70.2 Å². The molecule has 3 aromatic rings. The number of nitrogen functional groups attached to an aromatic ring is 1. The van der Waals surface area contributed by atoms with Crippen molar-refractivity contribution in [3.05, 3.63) is 35.0 Å². The second-order valence-electron chi connectivity index (χ2n) is 6.82. The summed E-state index contributed by atoms with van der Waals surface area (Å²) in [6, 6.07) is 3.17. The molecule has 1 fully saturated rings. The first-order chi connectivity index (χ1) is 16.0. The number of rotatable bonds is 8. The first kappa shape index (κ1) is 25.2. The van der Waals surface area contributed by atoms with E-state index in [1.807, 2.05) is 0 Å². The summed E-state index contributed by atoms with van der Waals surface area (Å²) in [6.45, 7) is -5.29. The molecule has 4 heterocycles. The second-order valence-corrected chi connectivity index (χ2v) is 12.0. The van der Waals surface area contributed by atoms with Crippen molar-refractivity contribution in [3.63, 3.8) is 0 Å². The smallest absolute Gasteiger partial charge is 0.450 e. The number of anilines is 1. The number of phosphoric ester groups is 1. The van der Waals surface area contributed by atoms with E-state index in [2.05, 4.69) is 31.1 Å². The van der Waals surface area contributed by atoms with Crippen LogP contribution in [0.15, 0.2) is 30.2 Å². The largest absolute Gasteiger partial charge is 0.479 e. The highest BCUT2D eigenvalue weighted by molar-refractivity contribution is 8.08. The van der Waals surface area contributed by atoms with Crippen LogP contribution in [0.5, 0.6) is 0 Å². The monoisotopic (exact) mass is 553 g/mol. The van der Waals surface area contributed by atoms with E-state index in [4.69, 9.17) is 29.5 Å². The molecule has 5 atom stereocenters. The third kappa shape index (κ3) is 5.50. The minimum atomic E-state index is -5.01. The molecule has 3 aromatic heterocycles. The highest BCUT2D eigenvalue weighted by Crippen LogP contribution is 2.58. The van der Waals surface area contributed by atoms with Gasteiger partial charge in [0.25, 0.3) is 0 Å². The summed E-state index contributed by atoms with van der Waals surface area (Å²) in [5.41, 5.74) is 6.25. The van der Waals surface area contributed by atoms with Crippen LogP contribution in [0.25, 0.3) is 11.2 Å². The molecular formula is C15H17N5O10P2S2. The molecule has 34 heavy (non-hydrogen) atoms. The van der Waals surface area contributed by atoms with Crippen LogP contribution >= 0.6 is 25.9 Å². The number of ether oxygens (including phenoxy) is 2. The SMILES string of the molecule is Nc1ncnc2c1ncn2[C@@H]1O[C@H](COP(=O)(O)OP(O)(O)=S)[C@@H](O)[C@H]1OC(=O)c1cccs1. The number of hydrogen-bond donors (Lipinski definition) is 5. The van der Waals surface area contributed by atoms with Crippen molar-refractivity contribution in [2.75, 3.05) is 12.3 Å². The number of aliphatic hydroxyl groups is 1. The van der Waals surface area contributed by atoms with Crippen LogP contribution < -0.4 is 5.73 Å². The molecule has 1 saturated heterocycles. The number of carbonyl (C=O) groups excluding carboxylic acids is 1. The molecule has 0 spiro atoms. The van der Waals surface area contributed by atoms with Gasteiger partial charge in [-0.2, -0.15) is 0 Å². The molecule has 0 aliphatic carbocycles. The van der Waals surface area contributed by atoms with Crippen molar-refractivity contribution in [2.24, 2.45) is 0 Å². The Balaban J connectivity index is 1.61. The fourth-order valence-corrected chi connectivity index (χ4v) is 6.13. The molecule has 1 aliphatic rings. The Morgan fingerprint density at radius 3 is 2.76 bits per heavy atom. The van der Waals surface area contributed by atoms with Gasteiger partial charge in [0.15, 0.2) is 23.8 Å². The lowest BCUT2D eigenvalue weighted by Gasteiger charge is -2.21. The van der Waals surface area contributed by atoms with Crippen molar-refractivity contribution < 1.29 is 47.5 Å². The molecular weight excluding hydrogens is 536 g/mol. The summed E-state index contributed by atoms with van der Waals surface area (Å²) in [5.74, 6) is -0.665. The van der Waals surface area contributed by atoms with E-state index in [1.165, 1.54) is 23.3 Å². The summed E-state index contributed by atoms with van der Waals surface area (Å²) >= 11 is 5.28. The summed E-state index contributed by atoms with van der Waals surface area (Å²) < 4.78 is 33.3. The summed E-state index contributed by atoms with van der Waals surface area (Å²) in [5, 5.41) is 12.5. The van der Waals surface area contributed by atoms with Crippen LogP contribution in [0, 0.1) is 0 Å². The maximum Gasteiger partial charge on any atom is 0.479 e. The van der Waals surface area contributed by atoms with Gasteiger partial charge < -0.3 is 35.0 Å². The van der Waals surface area contributed by atoms with E-state index in [0.29, 0.717) is 0 Å². The fraction of sp³-hybridized carbons (Fsp3) is 0.333. The zero-order valence-corrected chi connectivity index (χ0v) is 20.1. The van der Waals surface area contributed by atoms with Crippen LogP contribution in [0.2, 0.25) is 0 Å². The normalized spacial score (nSPS) is 24.8. The number of aromatic nitrogens is 4. The highest BCUT2D eigenvalue weighted by Gasteiger charge is 2.49. The number of hydrogen-bond acceptors (Lipinski definition) is 13. The van der Waals surface area contributed by atoms with Gasteiger partial charge in [0.05, 0.1) is 12.9 Å². The second kappa shape index (κ2) is 9.64. The number of fused-ring (bicyclic) bond motifs is 1. The Hall–Kier alpha value is -1.88. The average molecular weight is 553 g/mol. The minimum Gasteiger partial charge on any atom is -0.450 e. The van der Waals surface area contributed by atoms with Gasteiger partial charge in [-0.05, 0) is 23.3 Å². The molecule has 0 radical (unpaired) electrons. The number of esters is 1. The van der Waals surface area contributed by atoms with Gasteiger partial charge in [-0.1, -0.05) is 6.07 Å². The molecule has 0 aromatic carbocycles. The molecule has 15 nitrogen and oxygen atoms in total. The van der Waals surface area contributed by atoms with E-state index in [1.54, 1.807) is 11.4 Å². The zero-order valence-electron chi connectivity index (χ0n) is 16.7. The zero-order chi connectivity index (χ0) is 24.7. The predicted molar refractivity (Wildman–Crippen MR) is 119 cm³/mol. The van der Waals surface area contributed by atoms with E-state index in [0.717, 1.165) is 11.3 Å². The quantitative estimate of drug-likeness (QED) is 0.187. The lowest BCUT2D eigenvalue weighted by Crippen LogP contribution is -2.37. The number of nitrogens with zero attached hydrogens (tertiary/aromatic N) is 4. The number of thiophene rings is 1. The first-order valence-corrected chi connectivity index (χ1v) is 14.2. The van der Waals surface area contributed by atoms with Crippen molar-refractivity contribution in [1.29, 1.82) is 0 Å². The number of phosphoric acid groups is 1. The van der Waals surface area contributed by atoms with E-state index < -0.39 is 51.7 Å². The van der Waals surface area contributed by atoms with Crippen molar-refractivity contribution in [2.45, 2.75) is 24.5 Å². The number of aliphatic hydroxyl groups excluding tert-OH is 1. The van der Waals surface area contributed by atoms with Crippen molar-refractivity contribution >= 4 is 60.6 Å². The lowest BCUT2D eigenvalue weighted by atomic mass is 10.1. The molecule has 1 aliphatic heterocycles. The third-order valence-corrected chi connectivity index (χ3v) is 8.15. The summed E-state index contributed by atoms with van der Waals surface area (Å²) in [6.07, 6.45) is -2.96. The molecule has 4 rings (SSSR count). The summed E-state index contributed by atoms with van der Waals surface area (Å²) in [4.78, 5) is 52.7. The standard InChI is InChI=1S/C15H17N5O10P2S2/c16-12-9-13(18-5-17-12)20(6-19-9)14-11(29-15(22)8-2-1-3-34-8)10(21)7(28-14)4-27-31(23,24)30-32(25,26)33/h1-3,5-7,10-11,14,21H,4H2,(H,23,24)(H2,16,17,18)(H2,25,26,33)/t7-,10-,11-,14-/m1/s1. The third-order valence-electron chi connectivity index (χ3n) is 4.55. The number of imidazole rings is 1. The summed E-state index contributed by atoms with van der Waals surface area (Å²) in [7, 11) is -5.01. The van der Waals surface area contributed by atoms with Gasteiger partial charge in [-0.25, -0.2) is 28.6 Å². The molecule has 6 N–H and O–H groups in total. The first-order valence-electron chi connectivity index (χ1n) is 9.20. The Morgan fingerprint density at radius 2 is 2.09 bits per heavy atom. The van der Waals surface area contributed by atoms with Crippen molar-refractivity contribution in [3.8, 4) is 0 Å². The average Bonchev–Trinajstić information content (AvgIpc) is 3.46. The molecule has 0 saturated carbocycles. The van der Waals surface area contributed by atoms with Crippen LogP contribution in [0.4, 0.5) is 5.82 Å². The molecule has 184 valence electrons. The predicted octanol–water partition coefficient (Wildman–Crippen LogP) is 0.297. The maximum atomic E-state index is 12.6. The molecule has 0 bridgehead atoms. The lowest BCUT2D eigenvalue weighted by molar-refractivity contribution is -0.0556. The van der Waals surface area contributed by atoms with Gasteiger partial charge in [-0.15, -0.1) is 11.3 Å². The topological polar surface area (TPSA) is 222 Å². The molecule has 19 heteroatoms. The molecule has 0 amide bonds. The van der Waals surface area contributed by atoms with Crippen molar-refractivity contribution in [1.82, 2.24) is 19.5 Å². The Morgan fingerprint density at radius 1 is 1.32 bits per heavy atom. The number of carbonyl (C=O) groups is 1. The van der Waals surface area contributed by atoms with Crippen LogP contribution in [0.1, 0.15) is 15.9 Å². The Kier molecular flexibility index (Phi) is 7.15. The Bertz CT molecular complexity index is 1280. The van der Waals surface area contributed by atoms with Gasteiger partial charge in [0, 0.05) is 0 Å². The van der Waals surface area contributed by atoms with Gasteiger partial charge >= 0.3 is 20.5 Å². The number of nitrogens with two attached hydrogens (primary N) is 1. The van der Waals surface area contributed by atoms with E-state index in [-0.39, 0.29) is 21.9 Å². The van der Waals surface area contributed by atoms with Crippen LogP contribution in [-0.2, 0) is 34.7 Å². The maximum absolute atomic E-state index is 12.6. The van der Waals surface area contributed by atoms with Crippen LogP contribution in [0.3, 0.4) is 0 Å². The Labute approximate surface area is 199 Å². The highest BCUT2D eigenvalue weighted by atomic mass is 32.5. The van der Waals surface area contributed by atoms with Gasteiger partial charge in [0.1, 0.15) is 28.9 Å². The van der Waals surface area contributed by atoms with Gasteiger partial charge in [-0.3, -0.25) is 9.09 Å². The van der Waals surface area contributed by atoms with E-state index >= 15 is 0 Å².